The number of benzene rings is 2. The number of rotatable bonds is 8. The van der Waals surface area contributed by atoms with Gasteiger partial charge in [-0.1, -0.05) is 41.9 Å². The molecule has 1 aromatic heterocycles. The lowest BCUT2D eigenvalue weighted by Gasteiger charge is -2.11. The van der Waals surface area contributed by atoms with E-state index in [4.69, 9.17) is 16.3 Å². The lowest BCUT2D eigenvalue weighted by atomic mass is 10.2. The van der Waals surface area contributed by atoms with Crippen LogP contribution < -0.4 is 10.6 Å². The van der Waals surface area contributed by atoms with E-state index in [1.54, 1.807) is 13.2 Å². The molecule has 6 nitrogen and oxygen atoms in total. The molecule has 0 unspecified atom stereocenters. The molecular formula is C20H21ClN4O2. The number of fused-ring (bicyclic) bond motifs is 1. The Morgan fingerprint density at radius 1 is 1.11 bits per heavy atom. The average Bonchev–Trinajstić information content (AvgIpc) is 2.68. The van der Waals surface area contributed by atoms with Crippen LogP contribution in [0.15, 0.2) is 48.5 Å². The molecule has 3 aromatic rings. The minimum atomic E-state index is -0.0377. The highest BCUT2D eigenvalue weighted by molar-refractivity contribution is 6.31. The zero-order valence-electron chi connectivity index (χ0n) is 15.0. The van der Waals surface area contributed by atoms with Crippen LogP contribution in [-0.2, 0) is 9.53 Å². The molecule has 0 aliphatic rings. The van der Waals surface area contributed by atoms with E-state index in [-0.39, 0.29) is 5.91 Å². The number of anilines is 1. The van der Waals surface area contributed by atoms with Crippen LogP contribution in [0.1, 0.15) is 6.42 Å². The van der Waals surface area contributed by atoms with Crippen LogP contribution in [0, 0.1) is 0 Å². The second-order valence-electron chi connectivity index (χ2n) is 5.94. The zero-order valence-corrected chi connectivity index (χ0v) is 15.8. The van der Waals surface area contributed by atoms with E-state index in [1.807, 2.05) is 42.5 Å². The van der Waals surface area contributed by atoms with Crippen molar-refractivity contribution in [2.45, 2.75) is 6.42 Å². The monoisotopic (exact) mass is 384 g/mol. The number of carbonyl (C=O) groups is 1. The molecular weight excluding hydrogens is 364 g/mol. The van der Waals surface area contributed by atoms with E-state index >= 15 is 0 Å². The third-order valence-corrected chi connectivity index (χ3v) is 4.20. The fourth-order valence-electron chi connectivity index (χ4n) is 2.63. The largest absolute Gasteiger partial charge is 0.383 e. The van der Waals surface area contributed by atoms with Crippen LogP contribution in [0.5, 0.6) is 0 Å². The van der Waals surface area contributed by atoms with Crippen LogP contribution in [0.3, 0.4) is 0 Å². The van der Waals surface area contributed by atoms with Crippen molar-refractivity contribution in [1.29, 1.82) is 0 Å². The number of methoxy groups -OCH3 is 1. The molecule has 2 N–H and O–H groups in total. The van der Waals surface area contributed by atoms with Gasteiger partial charge < -0.3 is 15.4 Å². The van der Waals surface area contributed by atoms with Gasteiger partial charge in [0, 0.05) is 42.6 Å². The van der Waals surface area contributed by atoms with Gasteiger partial charge in [0.15, 0.2) is 5.82 Å². The predicted octanol–water partition coefficient (Wildman–Crippen LogP) is 3.51. The molecule has 7 heteroatoms. The Hall–Kier alpha value is -2.70. The Kier molecular flexibility index (Phi) is 6.57. The summed E-state index contributed by atoms with van der Waals surface area (Å²) in [6.07, 6.45) is 0.337. The maximum Gasteiger partial charge on any atom is 0.221 e. The lowest BCUT2D eigenvalue weighted by molar-refractivity contribution is -0.121. The Balaban J connectivity index is 1.80. The molecule has 0 bridgehead atoms. The molecule has 0 aliphatic heterocycles. The van der Waals surface area contributed by atoms with Crippen LogP contribution in [0.25, 0.3) is 22.3 Å². The zero-order chi connectivity index (χ0) is 19.1. The minimum Gasteiger partial charge on any atom is -0.383 e. The number of aromatic nitrogens is 2. The second kappa shape index (κ2) is 9.30. The molecule has 1 heterocycles. The number of hydrogen-bond donors (Lipinski definition) is 2. The van der Waals surface area contributed by atoms with Gasteiger partial charge in [-0.15, -0.1) is 0 Å². The first kappa shape index (κ1) is 19.1. The summed E-state index contributed by atoms with van der Waals surface area (Å²) in [5, 5.41) is 7.52. The van der Waals surface area contributed by atoms with E-state index < -0.39 is 0 Å². The van der Waals surface area contributed by atoms with Gasteiger partial charge in [-0.3, -0.25) is 4.79 Å². The summed E-state index contributed by atoms with van der Waals surface area (Å²) >= 11 is 6.13. The summed E-state index contributed by atoms with van der Waals surface area (Å²) in [5.41, 5.74) is 1.67. The Bertz CT molecular complexity index is 919. The van der Waals surface area contributed by atoms with Gasteiger partial charge in [0.2, 0.25) is 5.91 Å². The van der Waals surface area contributed by atoms with E-state index in [0.717, 1.165) is 16.5 Å². The summed E-state index contributed by atoms with van der Waals surface area (Å²) in [5.74, 6) is 1.25. The van der Waals surface area contributed by atoms with E-state index in [9.17, 15) is 4.79 Å². The van der Waals surface area contributed by atoms with Gasteiger partial charge in [-0.25, -0.2) is 9.97 Å². The highest BCUT2D eigenvalue weighted by Crippen LogP contribution is 2.27. The lowest BCUT2D eigenvalue weighted by Crippen LogP contribution is -2.28. The first-order valence-electron chi connectivity index (χ1n) is 8.69. The molecule has 0 atom stereocenters. The fraction of sp³-hybridized carbons (Fsp3) is 0.250. The maximum atomic E-state index is 11.8. The normalized spacial score (nSPS) is 10.7. The summed E-state index contributed by atoms with van der Waals surface area (Å²) in [7, 11) is 1.60. The van der Waals surface area contributed by atoms with E-state index in [2.05, 4.69) is 20.6 Å². The number of halogens is 1. The number of nitrogens with zero attached hydrogens (tertiary/aromatic N) is 2. The van der Waals surface area contributed by atoms with Crippen molar-refractivity contribution in [3.05, 3.63) is 53.6 Å². The van der Waals surface area contributed by atoms with Gasteiger partial charge in [0.1, 0.15) is 5.82 Å². The third-order valence-electron chi connectivity index (χ3n) is 3.96. The van der Waals surface area contributed by atoms with Crippen molar-refractivity contribution < 1.29 is 9.53 Å². The molecule has 0 spiro atoms. The highest BCUT2D eigenvalue weighted by Gasteiger charge is 2.10. The Morgan fingerprint density at radius 3 is 2.70 bits per heavy atom. The first-order valence-corrected chi connectivity index (χ1v) is 9.07. The SMILES string of the molecule is COCCNC(=O)CCNc1nc(-c2ccccc2)nc2cc(Cl)ccc12. The molecule has 0 radical (unpaired) electrons. The number of nitrogens with one attached hydrogen (secondary N) is 2. The van der Waals surface area contributed by atoms with Gasteiger partial charge >= 0.3 is 0 Å². The van der Waals surface area contributed by atoms with Crippen LogP contribution in [-0.4, -0.2) is 42.7 Å². The molecule has 1 amide bonds. The van der Waals surface area contributed by atoms with Crippen LogP contribution in [0.2, 0.25) is 5.02 Å². The van der Waals surface area contributed by atoms with Crippen molar-refractivity contribution in [2.75, 3.05) is 32.1 Å². The number of carbonyl (C=O) groups excluding carboxylic acids is 1. The van der Waals surface area contributed by atoms with Crippen molar-refractivity contribution in [3.63, 3.8) is 0 Å². The molecule has 140 valence electrons. The number of hydrogen-bond acceptors (Lipinski definition) is 5. The van der Waals surface area contributed by atoms with Gasteiger partial charge in [-0.05, 0) is 18.2 Å². The number of amides is 1. The summed E-state index contributed by atoms with van der Waals surface area (Å²) in [4.78, 5) is 21.1. The third kappa shape index (κ3) is 5.15. The quantitative estimate of drug-likeness (QED) is 0.581. The number of ether oxygens (including phenoxy) is 1. The van der Waals surface area contributed by atoms with Gasteiger partial charge in [0.05, 0.1) is 12.1 Å². The summed E-state index contributed by atoms with van der Waals surface area (Å²) in [6, 6.07) is 15.2. The van der Waals surface area contributed by atoms with E-state index in [1.165, 1.54) is 0 Å². The molecule has 3 rings (SSSR count). The Morgan fingerprint density at radius 2 is 1.93 bits per heavy atom. The van der Waals surface area contributed by atoms with Crippen molar-refractivity contribution in [1.82, 2.24) is 15.3 Å². The standard InChI is InChI=1S/C20H21ClN4O2/c1-27-12-11-22-18(26)9-10-23-20-16-8-7-15(21)13-17(16)24-19(25-20)14-5-3-2-4-6-14/h2-8,13H,9-12H2,1H3,(H,22,26)(H,23,24,25). The van der Waals surface area contributed by atoms with Gasteiger partial charge in [-0.2, -0.15) is 0 Å². The topological polar surface area (TPSA) is 76.1 Å². The molecule has 0 saturated carbocycles. The average molecular weight is 385 g/mol. The van der Waals surface area contributed by atoms with Gasteiger partial charge in [0.25, 0.3) is 0 Å². The maximum absolute atomic E-state index is 11.8. The molecule has 27 heavy (non-hydrogen) atoms. The van der Waals surface area contributed by atoms with Crippen molar-refractivity contribution in [2.24, 2.45) is 0 Å². The van der Waals surface area contributed by atoms with Crippen molar-refractivity contribution >= 4 is 34.2 Å². The molecule has 0 aliphatic carbocycles. The van der Waals surface area contributed by atoms with Crippen molar-refractivity contribution in [3.8, 4) is 11.4 Å². The molecule has 0 fully saturated rings. The smallest absolute Gasteiger partial charge is 0.221 e. The minimum absolute atomic E-state index is 0.0377. The van der Waals surface area contributed by atoms with E-state index in [0.29, 0.717) is 42.8 Å². The second-order valence-corrected chi connectivity index (χ2v) is 6.38. The Labute approximate surface area is 162 Å². The molecule has 0 saturated heterocycles. The fourth-order valence-corrected chi connectivity index (χ4v) is 2.80. The summed E-state index contributed by atoms with van der Waals surface area (Å²) < 4.78 is 4.92. The highest BCUT2D eigenvalue weighted by atomic mass is 35.5. The molecule has 2 aromatic carbocycles. The van der Waals surface area contributed by atoms with Crippen LogP contribution in [0.4, 0.5) is 5.82 Å². The predicted molar refractivity (Wildman–Crippen MR) is 108 cm³/mol. The van der Waals surface area contributed by atoms with Crippen LogP contribution >= 0.6 is 11.6 Å². The summed E-state index contributed by atoms with van der Waals surface area (Å²) in [6.45, 7) is 1.46. The first-order chi connectivity index (χ1) is 13.2.